The van der Waals surface area contributed by atoms with Gasteiger partial charge in [-0.05, 0) is 95.9 Å². The van der Waals surface area contributed by atoms with E-state index in [1.165, 1.54) is 22.4 Å². The highest BCUT2D eigenvalue weighted by atomic mass is 19.4. The molecule has 5 aliphatic heterocycles. The molecule has 0 aliphatic carbocycles. The molecule has 1 N–H and O–H groups in total. The number of ether oxygens (including phenoxy) is 2. The van der Waals surface area contributed by atoms with Crippen molar-refractivity contribution in [2.75, 3.05) is 57.4 Å². The van der Waals surface area contributed by atoms with Crippen LogP contribution in [-0.2, 0) is 70.4 Å². The Hall–Kier alpha value is -6.67. The van der Waals surface area contributed by atoms with Gasteiger partial charge in [0.2, 0.25) is 11.8 Å². The van der Waals surface area contributed by atoms with Crippen LogP contribution in [0.4, 0.5) is 18.9 Å². The third-order valence-corrected chi connectivity index (χ3v) is 16.1. The lowest BCUT2D eigenvalue weighted by Gasteiger charge is -2.45. The van der Waals surface area contributed by atoms with Crippen LogP contribution in [0.2, 0.25) is 0 Å². The van der Waals surface area contributed by atoms with Crippen LogP contribution in [0.15, 0.2) is 96.3 Å². The molecule has 0 bridgehead atoms. The van der Waals surface area contributed by atoms with Gasteiger partial charge in [-0.1, -0.05) is 50.2 Å². The van der Waals surface area contributed by atoms with Crippen molar-refractivity contribution < 1.29 is 37.0 Å². The fraction of sp³-hybridized carbons (Fsp3) is 0.455. The summed E-state index contributed by atoms with van der Waals surface area (Å²) in [6, 6.07) is 22.3. The van der Waals surface area contributed by atoms with Crippen LogP contribution in [0.1, 0.15) is 89.1 Å². The van der Waals surface area contributed by atoms with E-state index in [0.29, 0.717) is 69.1 Å². The summed E-state index contributed by atoms with van der Waals surface area (Å²) in [5.41, 5.74) is 3.96. The maximum absolute atomic E-state index is 14.9. The number of imidazole rings is 1. The molecule has 388 valence electrons. The van der Waals surface area contributed by atoms with E-state index in [0.717, 1.165) is 78.2 Å². The highest BCUT2D eigenvalue weighted by molar-refractivity contribution is 6.05. The number of alkyl halides is 3. The van der Waals surface area contributed by atoms with Crippen molar-refractivity contribution in [3.8, 4) is 5.69 Å². The van der Waals surface area contributed by atoms with Crippen molar-refractivity contribution in [2.45, 2.75) is 95.4 Å². The van der Waals surface area contributed by atoms with E-state index >= 15 is 0 Å². The maximum atomic E-state index is 14.9. The molecule has 8 heterocycles. The molecular formula is C55H61F3N10O6. The fourth-order valence-corrected chi connectivity index (χ4v) is 11.7. The number of amides is 3. The zero-order valence-electron chi connectivity index (χ0n) is 41.9. The Balaban J connectivity index is 0.716. The number of aryl methyl sites for hydroxylation is 1. The smallest absolute Gasteiger partial charge is 0.379 e. The monoisotopic (exact) mass is 1010 g/mol. The molecule has 2 atom stereocenters. The zero-order valence-corrected chi connectivity index (χ0v) is 41.9. The molecule has 3 amide bonds. The van der Waals surface area contributed by atoms with Crippen LogP contribution in [0, 0.1) is 5.92 Å². The van der Waals surface area contributed by atoms with Gasteiger partial charge in [-0.15, -0.1) is 10.2 Å². The van der Waals surface area contributed by atoms with Crippen molar-refractivity contribution in [3.63, 3.8) is 0 Å². The van der Waals surface area contributed by atoms with E-state index in [2.05, 4.69) is 74.4 Å². The quantitative estimate of drug-likeness (QED) is 0.127. The van der Waals surface area contributed by atoms with Crippen LogP contribution in [0.25, 0.3) is 11.2 Å². The summed E-state index contributed by atoms with van der Waals surface area (Å²) in [4.78, 5) is 60.1. The number of halogens is 3. The lowest BCUT2D eigenvalue weighted by molar-refractivity contribution is -0.137. The molecule has 4 fully saturated rings. The first-order valence-corrected chi connectivity index (χ1v) is 25.6. The Labute approximate surface area is 426 Å². The van der Waals surface area contributed by atoms with Crippen LogP contribution in [0.5, 0.6) is 0 Å². The predicted octanol–water partition coefficient (Wildman–Crippen LogP) is 6.04. The number of carbonyl (C=O) groups excluding carboxylic acids is 3. The average molecular weight is 1020 g/mol. The van der Waals surface area contributed by atoms with Gasteiger partial charge in [0.05, 0.1) is 42.2 Å². The number of imide groups is 1. The number of nitrogens with one attached hydrogen (secondary N) is 1. The first-order valence-electron chi connectivity index (χ1n) is 25.6. The van der Waals surface area contributed by atoms with Crippen molar-refractivity contribution in [2.24, 2.45) is 13.0 Å². The minimum Gasteiger partial charge on any atom is -0.379 e. The van der Waals surface area contributed by atoms with Gasteiger partial charge in [-0.3, -0.25) is 38.5 Å². The molecule has 4 saturated heterocycles. The number of pyridine rings is 1. The first kappa shape index (κ1) is 49.5. The number of aromatic nitrogens is 5. The Morgan fingerprint density at radius 1 is 0.865 bits per heavy atom. The van der Waals surface area contributed by atoms with Gasteiger partial charge in [0.1, 0.15) is 18.2 Å². The number of nitrogens with zero attached hydrogens (tertiary/aromatic N) is 9. The van der Waals surface area contributed by atoms with Crippen LogP contribution in [-0.4, -0.2) is 120 Å². The summed E-state index contributed by atoms with van der Waals surface area (Å²) < 4.78 is 61.5. The maximum Gasteiger partial charge on any atom is 0.418 e. The summed E-state index contributed by atoms with van der Waals surface area (Å²) in [5, 5.41) is 10.6. The Morgan fingerprint density at radius 3 is 2.34 bits per heavy atom. The number of anilines is 1. The molecule has 1 unspecified atom stereocenters. The largest absolute Gasteiger partial charge is 0.418 e. The molecule has 0 saturated carbocycles. The molecule has 5 aliphatic rings. The summed E-state index contributed by atoms with van der Waals surface area (Å²) in [6.45, 7) is 11.5. The molecule has 3 aromatic heterocycles. The van der Waals surface area contributed by atoms with Gasteiger partial charge in [-0.25, -0.2) is 4.79 Å². The number of piperidine rings is 2. The third kappa shape index (κ3) is 9.54. The molecule has 0 radical (unpaired) electrons. The van der Waals surface area contributed by atoms with Gasteiger partial charge in [0, 0.05) is 101 Å². The molecule has 74 heavy (non-hydrogen) atoms. The number of fused-ring (bicyclic) bond motifs is 2. The van der Waals surface area contributed by atoms with Crippen LogP contribution < -0.4 is 15.9 Å². The second-order valence-electron chi connectivity index (χ2n) is 21.3. The van der Waals surface area contributed by atoms with E-state index in [1.54, 1.807) is 23.5 Å². The number of piperazine rings is 1. The summed E-state index contributed by atoms with van der Waals surface area (Å²) in [5.74, 6) is 0.0238. The second-order valence-corrected chi connectivity index (χ2v) is 21.3. The number of hydrogen-bond donors (Lipinski definition) is 1. The first-order chi connectivity index (χ1) is 35.5. The van der Waals surface area contributed by atoms with Gasteiger partial charge in [0.15, 0.2) is 0 Å². The number of rotatable bonds is 14. The zero-order chi connectivity index (χ0) is 51.5. The fourth-order valence-electron chi connectivity index (χ4n) is 11.7. The minimum absolute atomic E-state index is 0.127. The van der Waals surface area contributed by atoms with Gasteiger partial charge in [-0.2, -0.15) is 13.2 Å². The lowest BCUT2D eigenvalue weighted by atomic mass is 9.75. The van der Waals surface area contributed by atoms with Crippen LogP contribution >= 0.6 is 0 Å². The Kier molecular flexibility index (Phi) is 13.1. The molecule has 11 rings (SSSR count). The Morgan fingerprint density at radius 2 is 1.64 bits per heavy atom. The number of carbonyl (C=O) groups is 3. The normalized spacial score (nSPS) is 21.7. The second kappa shape index (κ2) is 19.6. The molecule has 19 heteroatoms. The molecule has 0 spiro atoms. The van der Waals surface area contributed by atoms with E-state index in [-0.39, 0.29) is 36.2 Å². The Bertz CT molecular complexity index is 3170. The number of benzene rings is 3. The van der Waals surface area contributed by atoms with Crippen LogP contribution in [0.3, 0.4) is 0 Å². The SMILES string of the molecule is CC(C)[C@]1(OCc2ccc(CN3CCN(c4ccc5c(c4)CN(C4CCC(=O)NC4=O)C5=O)CC3)cc2)CCCN(Cc2cc(C(F)(F)F)c3cn(-c4cccc(C5(Cc6nncn6C)COC5)c4)c(=O)n3c2)C1. The minimum atomic E-state index is -4.70. The van der Waals surface area contributed by atoms with Crippen molar-refractivity contribution in [1.29, 1.82) is 0 Å². The highest BCUT2D eigenvalue weighted by Crippen LogP contribution is 2.39. The average Bonchev–Trinajstić information content (AvgIpc) is 4.05. The van der Waals surface area contributed by atoms with Gasteiger partial charge in [0.25, 0.3) is 5.91 Å². The number of likely N-dealkylation sites (tertiary alicyclic amines) is 1. The van der Waals surface area contributed by atoms with Crippen molar-refractivity contribution in [3.05, 3.63) is 147 Å². The lowest BCUT2D eigenvalue weighted by Crippen LogP contribution is -2.52. The number of hydrogen-bond acceptors (Lipinski definition) is 11. The van der Waals surface area contributed by atoms with E-state index in [1.807, 2.05) is 41.9 Å². The summed E-state index contributed by atoms with van der Waals surface area (Å²) >= 11 is 0. The van der Waals surface area contributed by atoms with Crippen molar-refractivity contribution >= 4 is 28.9 Å². The topological polar surface area (TPSA) is 152 Å². The molecular weight excluding hydrogens is 954 g/mol. The summed E-state index contributed by atoms with van der Waals surface area (Å²) in [7, 11) is 1.87. The third-order valence-electron chi connectivity index (χ3n) is 16.1. The van der Waals surface area contributed by atoms with Gasteiger partial charge < -0.3 is 23.8 Å². The summed E-state index contributed by atoms with van der Waals surface area (Å²) in [6.07, 6.45) is 2.51. The predicted molar refractivity (Wildman–Crippen MR) is 268 cm³/mol. The molecule has 6 aromatic rings. The van der Waals surface area contributed by atoms with E-state index < -0.39 is 40.4 Å². The molecule has 16 nitrogen and oxygen atoms in total. The van der Waals surface area contributed by atoms with Crippen molar-refractivity contribution in [1.82, 2.24) is 43.7 Å². The highest BCUT2D eigenvalue weighted by Gasteiger charge is 2.44. The van der Waals surface area contributed by atoms with Gasteiger partial charge >= 0.3 is 11.9 Å². The van der Waals surface area contributed by atoms with E-state index in [4.69, 9.17) is 9.47 Å². The van der Waals surface area contributed by atoms with E-state index in [9.17, 15) is 32.3 Å². The standard InChI is InChI=1S/C55H61F3N10O6/c1-36(2)54(74-31-38-10-8-37(9-11-38)26-63-18-20-65(21-19-63)42-12-13-44-40(23-42)29-67(51(44)71)46-14-15-49(69)60-50(46)70)16-5-17-64(32-54)27-39-22-45(55(56,57)58)47-30-66(52(72)68(47)28-39)43-7-4-6-41(24-43)53(33-73-34-53)25-48-61-59-35-62(48)3/h4,6-13,22-24,28,30,35-36,46H,5,14-21,25-27,29,31-34H2,1-3H3,(H,60,69,70)/t46?,54-/m0/s1. The molecule has 3 aromatic carbocycles.